The molecule has 0 saturated heterocycles. The Labute approximate surface area is 97.7 Å². The van der Waals surface area contributed by atoms with E-state index in [0.717, 1.165) is 18.4 Å². The van der Waals surface area contributed by atoms with Gasteiger partial charge in [-0.25, -0.2) is 0 Å². The Hall–Kier alpha value is -2.10. The molecule has 1 amide bonds. The van der Waals surface area contributed by atoms with Crippen molar-refractivity contribution in [3.05, 3.63) is 46.2 Å². The Morgan fingerprint density at radius 1 is 1.29 bits per heavy atom. The number of carbonyl (C=O) groups is 1. The number of hydrogen-bond acceptors (Lipinski definition) is 2. The molecular weight excluding hydrogens is 216 g/mol. The molecular formula is C13H12N2O2. The highest BCUT2D eigenvalue weighted by molar-refractivity contribution is 5.97. The quantitative estimate of drug-likeness (QED) is 0.816. The van der Waals surface area contributed by atoms with Gasteiger partial charge in [0.05, 0.1) is 0 Å². The van der Waals surface area contributed by atoms with Crippen molar-refractivity contribution in [3.63, 3.8) is 0 Å². The second-order valence-corrected chi connectivity index (χ2v) is 4.32. The van der Waals surface area contributed by atoms with Gasteiger partial charge in [0.25, 0.3) is 5.91 Å². The number of amides is 1. The Bertz CT molecular complexity index is 641. The highest BCUT2D eigenvalue weighted by Gasteiger charge is 2.25. The average molecular weight is 228 g/mol. The molecule has 17 heavy (non-hydrogen) atoms. The third kappa shape index (κ3) is 1.82. The minimum atomic E-state index is -0.278. The molecule has 0 radical (unpaired) electrons. The minimum absolute atomic E-state index is 0.190. The number of H-pyrrole nitrogens is 1. The molecule has 0 atom stereocenters. The van der Waals surface area contributed by atoms with Crippen LogP contribution in [0.5, 0.6) is 0 Å². The topological polar surface area (TPSA) is 62.0 Å². The zero-order valence-electron chi connectivity index (χ0n) is 9.19. The average Bonchev–Trinajstić information content (AvgIpc) is 3.13. The molecule has 0 aliphatic heterocycles. The number of hydrogen-bond donors (Lipinski definition) is 2. The van der Waals surface area contributed by atoms with Crippen molar-refractivity contribution in [2.24, 2.45) is 0 Å². The molecule has 1 saturated carbocycles. The van der Waals surface area contributed by atoms with E-state index < -0.39 is 0 Å². The van der Waals surface area contributed by atoms with E-state index >= 15 is 0 Å². The van der Waals surface area contributed by atoms with E-state index in [4.69, 9.17) is 0 Å². The van der Waals surface area contributed by atoms with Crippen LogP contribution in [-0.4, -0.2) is 16.9 Å². The summed E-state index contributed by atoms with van der Waals surface area (Å²) in [4.78, 5) is 26.9. The standard InChI is InChI=1S/C13H12N2O2/c16-12-9-3-1-2-4-11(9)14-7-10(12)13(17)15-8-5-6-8/h1-4,7-8H,5-6H2,(H,14,16)(H,15,17). The van der Waals surface area contributed by atoms with Gasteiger partial charge in [0.2, 0.25) is 5.43 Å². The van der Waals surface area contributed by atoms with Crippen LogP contribution in [0.2, 0.25) is 0 Å². The molecule has 1 heterocycles. The number of nitrogens with one attached hydrogen (secondary N) is 2. The molecule has 86 valence electrons. The first-order valence-corrected chi connectivity index (χ1v) is 5.67. The first kappa shape index (κ1) is 10.1. The van der Waals surface area contributed by atoms with Crippen LogP contribution >= 0.6 is 0 Å². The van der Waals surface area contributed by atoms with Crippen LogP contribution in [0.15, 0.2) is 35.3 Å². The summed E-state index contributed by atoms with van der Waals surface area (Å²) in [5.74, 6) is -0.278. The van der Waals surface area contributed by atoms with Crippen LogP contribution in [0.3, 0.4) is 0 Å². The fraction of sp³-hybridized carbons (Fsp3) is 0.231. The van der Waals surface area contributed by atoms with Gasteiger partial charge in [-0.3, -0.25) is 9.59 Å². The molecule has 2 aromatic rings. The predicted octanol–water partition coefficient (Wildman–Crippen LogP) is 1.42. The van der Waals surface area contributed by atoms with Gasteiger partial charge in [-0.15, -0.1) is 0 Å². The number of aromatic nitrogens is 1. The van der Waals surface area contributed by atoms with Gasteiger partial charge in [0.15, 0.2) is 0 Å². The maximum atomic E-state index is 12.1. The lowest BCUT2D eigenvalue weighted by Gasteiger charge is -2.04. The van der Waals surface area contributed by atoms with E-state index in [1.54, 1.807) is 12.1 Å². The molecule has 1 aromatic carbocycles. The lowest BCUT2D eigenvalue weighted by atomic mass is 10.1. The Morgan fingerprint density at radius 2 is 2.06 bits per heavy atom. The Kier molecular flexibility index (Phi) is 2.21. The monoisotopic (exact) mass is 228 g/mol. The van der Waals surface area contributed by atoms with Gasteiger partial charge in [0.1, 0.15) is 5.56 Å². The lowest BCUT2D eigenvalue weighted by molar-refractivity contribution is 0.0950. The van der Waals surface area contributed by atoms with Crippen molar-refractivity contribution < 1.29 is 4.79 Å². The largest absolute Gasteiger partial charge is 0.360 e. The van der Waals surface area contributed by atoms with E-state index in [1.165, 1.54) is 6.20 Å². The van der Waals surface area contributed by atoms with Crippen LogP contribution in [0.4, 0.5) is 0 Å². The van der Waals surface area contributed by atoms with Gasteiger partial charge < -0.3 is 10.3 Å². The molecule has 1 aliphatic rings. The van der Waals surface area contributed by atoms with Gasteiger partial charge >= 0.3 is 0 Å². The second kappa shape index (κ2) is 3.73. The molecule has 2 N–H and O–H groups in total. The number of rotatable bonds is 2. The van der Waals surface area contributed by atoms with Crippen molar-refractivity contribution >= 4 is 16.8 Å². The first-order valence-electron chi connectivity index (χ1n) is 5.67. The summed E-state index contributed by atoms with van der Waals surface area (Å²) in [6.45, 7) is 0. The third-order valence-electron chi connectivity index (χ3n) is 2.95. The Balaban J connectivity index is 2.07. The summed E-state index contributed by atoms with van der Waals surface area (Å²) < 4.78 is 0. The molecule has 1 aliphatic carbocycles. The third-order valence-corrected chi connectivity index (χ3v) is 2.95. The zero-order chi connectivity index (χ0) is 11.8. The number of pyridine rings is 1. The number of carbonyl (C=O) groups excluding carboxylic acids is 1. The summed E-state index contributed by atoms with van der Waals surface area (Å²) in [5, 5.41) is 3.37. The highest BCUT2D eigenvalue weighted by atomic mass is 16.2. The zero-order valence-corrected chi connectivity index (χ0v) is 9.19. The molecule has 0 spiro atoms. The van der Waals surface area contributed by atoms with E-state index in [9.17, 15) is 9.59 Å². The number of para-hydroxylation sites is 1. The van der Waals surface area contributed by atoms with Gasteiger partial charge in [0, 0.05) is 23.1 Å². The van der Waals surface area contributed by atoms with Crippen molar-refractivity contribution in [1.29, 1.82) is 0 Å². The number of benzene rings is 1. The first-order chi connectivity index (χ1) is 8.25. The molecule has 0 bridgehead atoms. The van der Waals surface area contributed by atoms with Crippen LogP contribution < -0.4 is 10.7 Å². The number of fused-ring (bicyclic) bond motifs is 1. The number of aromatic amines is 1. The summed E-state index contributed by atoms with van der Waals surface area (Å²) in [5.41, 5.74) is 0.730. The van der Waals surface area contributed by atoms with Crippen LogP contribution in [0.25, 0.3) is 10.9 Å². The van der Waals surface area contributed by atoms with E-state index in [1.807, 2.05) is 12.1 Å². The normalized spacial score (nSPS) is 14.8. The summed E-state index contributed by atoms with van der Waals surface area (Å²) in [7, 11) is 0. The van der Waals surface area contributed by atoms with Crippen LogP contribution in [0, 0.1) is 0 Å². The van der Waals surface area contributed by atoms with Crippen molar-refractivity contribution in [1.82, 2.24) is 10.3 Å². The molecule has 0 unspecified atom stereocenters. The molecule has 1 fully saturated rings. The molecule has 4 nitrogen and oxygen atoms in total. The van der Waals surface area contributed by atoms with Gasteiger partial charge in [-0.2, -0.15) is 0 Å². The smallest absolute Gasteiger partial charge is 0.256 e. The molecule has 4 heteroatoms. The summed E-state index contributed by atoms with van der Waals surface area (Å²) in [6, 6.07) is 7.44. The van der Waals surface area contributed by atoms with E-state index in [-0.39, 0.29) is 22.9 Å². The van der Waals surface area contributed by atoms with Crippen LogP contribution in [-0.2, 0) is 0 Å². The van der Waals surface area contributed by atoms with Crippen molar-refractivity contribution in [3.8, 4) is 0 Å². The minimum Gasteiger partial charge on any atom is -0.360 e. The van der Waals surface area contributed by atoms with Crippen molar-refractivity contribution in [2.45, 2.75) is 18.9 Å². The van der Waals surface area contributed by atoms with E-state index in [0.29, 0.717) is 5.39 Å². The van der Waals surface area contributed by atoms with Gasteiger partial charge in [-0.1, -0.05) is 12.1 Å². The summed E-state index contributed by atoms with van der Waals surface area (Å²) in [6.07, 6.45) is 3.51. The highest BCUT2D eigenvalue weighted by Crippen LogP contribution is 2.19. The summed E-state index contributed by atoms with van der Waals surface area (Å²) >= 11 is 0. The maximum Gasteiger partial charge on any atom is 0.256 e. The fourth-order valence-corrected chi connectivity index (χ4v) is 1.83. The maximum absolute atomic E-state index is 12.1. The second-order valence-electron chi connectivity index (χ2n) is 4.32. The van der Waals surface area contributed by atoms with Gasteiger partial charge in [-0.05, 0) is 25.0 Å². The Morgan fingerprint density at radius 3 is 2.82 bits per heavy atom. The SMILES string of the molecule is O=C(NC1CC1)c1c[nH]c2ccccc2c1=O. The van der Waals surface area contributed by atoms with Crippen molar-refractivity contribution in [2.75, 3.05) is 0 Å². The predicted molar refractivity (Wildman–Crippen MR) is 65.1 cm³/mol. The van der Waals surface area contributed by atoms with E-state index in [2.05, 4.69) is 10.3 Å². The molecule has 1 aromatic heterocycles. The van der Waals surface area contributed by atoms with Crippen LogP contribution in [0.1, 0.15) is 23.2 Å². The lowest BCUT2D eigenvalue weighted by Crippen LogP contribution is -2.30. The fourth-order valence-electron chi connectivity index (χ4n) is 1.83. The molecule has 3 rings (SSSR count).